The highest BCUT2D eigenvalue weighted by atomic mass is 16.5. The number of hydrogen-bond donors (Lipinski definition) is 0. The van der Waals surface area contributed by atoms with Crippen LogP contribution in [0, 0.1) is 6.92 Å². The van der Waals surface area contributed by atoms with Crippen LogP contribution in [0.25, 0.3) is 0 Å². The number of aromatic nitrogens is 1. The van der Waals surface area contributed by atoms with Crippen LogP contribution in [0.1, 0.15) is 39.5 Å². The standard InChI is InChI=1S/C24H29N3O4/c1-17-14-18(5-6-21(17)30-2)15-22(28)27-9-7-19(16-27)23-20(4-3-8-25-23)24(29)26-10-12-31-13-11-26/h3-6,8,14,19H,7,9-13,15-16H2,1-2H3/t19-/m1/s1. The van der Waals surface area contributed by atoms with Crippen molar-refractivity contribution in [1.82, 2.24) is 14.8 Å². The number of carbonyl (C=O) groups is 2. The fraction of sp³-hybridized carbons (Fsp3) is 0.458. The molecule has 2 saturated heterocycles. The van der Waals surface area contributed by atoms with Crippen LogP contribution in [0.3, 0.4) is 0 Å². The predicted octanol–water partition coefficient (Wildman–Crippen LogP) is 2.43. The Morgan fingerprint density at radius 1 is 1.16 bits per heavy atom. The highest BCUT2D eigenvalue weighted by molar-refractivity contribution is 5.95. The molecule has 2 fully saturated rings. The van der Waals surface area contributed by atoms with Crippen molar-refractivity contribution in [2.24, 2.45) is 0 Å². The molecule has 2 amide bonds. The molecule has 164 valence electrons. The van der Waals surface area contributed by atoms with Crippen molar-refractivity contribution < 1.29 is 19.1 Å². The van der Waals surface area contributed by atoms with Crippen molar-refractivity contribution in [2.75, 3.05) is 46.5 Å². The van der Waals surface area contributed by atoms with E-state index in [1.165, 1.54) is 0 Å². The van der Waals surface area contributed by atoms with E-state index in [0.717, 1.165) is 29.0 Å². The second-order valence-electron chi connectivity index (χ2n) is 8.15. The summed E-state index contributed by atoms with van der Waals surface area (Å²) in [6, 6.07) is 9.51. The van der Waals surface area contributed by atoms with Crippen LogP contribution >= 0.6 is 0 Å². The molecule has 2 aromatic rings. The average molecular weight is 424 g/mol. The van der Waals surface area contributed by atoms with E-state index in [0.29, 0.717) is 51.4 Å². The molecular formula is C24H29N3O4. The molecule has 7 nitrogen and oxygen atoms in total. The maximum Gasteiger partial charge on any atom is 0.255 e. The molecule has 7 heteroatoms. The number of carbonyl (C=O) groups excluding carboxylic acids is 2. The van der Waals surface area contributed by atoms with E-state index >= 15 is 0 Å². The van der Waals surface area contributed by atoms with Crippen LogP contribution in [0.2, 0.25) is 0 Å². The molecule has 0 spiro atoms. The number of hydrogen-bond acceptors (Lipinski definition) is 5. The Morgan fingerprint density at radius 2 is 1.97 bits per heavy atom. The second-order valence-corrected chi connectivity index (χ2v) is 8.15. The number of benzene rings is 1. The number of aryl methyl sites for hydroxylation is 1. The average Bonchev–Trinajstić information content (AvgIpc) is 3.30. The molecule has 3 heterocycles. The van der Waals surface area contributed by atoms with Crippen molar-refractivity contribution in [3.05, 3.63) is 58.9 Å². The van der Waals surface area contributed by atoms with Crippen LogP contribution in [-0.4, -0.2) is 73.1 Å². The largest absolute Gasteiger partial charge is 0.496 e. The van der Waals surface area contributed by atoms with E-state index in [-0.39, 0.29) is 17.7 Å². The monoisotopic (exact) mass is 423 g/mol. The number of amides is 2. The number of rotatable bonds is 5. The molecule has 0 unspecified atom stereocenters. The van der Waals surface area contributed by atoms with E-state index in [4.69, 9.17) is 9.47 Å². The summed E-state index contributed by atoms with van der Waals surface area (Å²) in [7, 11) is 1.65. The van der Waals surface area contributed by atoms with Crippen LogP contribution in [0.4, 0.5) is 0 Å². The lowest BCUT2D eigenvalue weighted by Gasteiger charge is -2.28. The summed E-state index contributed by atoms with van der Waals surface area (Å²) in [6.45, 7) is 5.59. The van der Waals surface area contributed by atoms with Gasteiger partial charge in [-0.25, -0.2) is 0 Å². The van der Waals surface area contributed by atoms with E-state index in [2.05, 4.69) is 4.98 Å². The van der Waals surface area contributed by atoms with Gasteiger partial charge < -0.3 is 19.3 Å². The molecule has 4 rings (SSSR count). The first kappa shape index (κ1) is 21.3. The van der Waals surface area contributed by atoms with Gasteiger partial charge >= 0.3 is 0 Å². The van der Waals surface area contributed by atoms with Crippen LogP contribution in [0.5, 0.6) is 5.75 Å². The van der Waals surface area contributed by atoms with Crippen molar-refractivity contribution in [3.63, 3.8) is 0 Å². The molecule has 1 atom stereocenters. The van der Waals surface area contributed by atoms with Gasteiger partial charge in [0.1, 0.15) is 5.75 Å². The smallest absolute Gasteiger partial charge is 0.255 e. The van der Waals surface area contributed by atoms with E-state index in [1.807, 2.05) is 41.0 Å². The van der Waals surface area contributed by atoms with Crippen molar-refractivity contribution in [3.8, 4) is 5.75 Å². The second kappa shape index (κ2) is 9.47. The van der Waals surface area contributed by atoms with Gasteiger partial charge in [0.2, 0.25) is 5.91 Å². The highest BCUT2D eigenvalue weighted by Crippen LogP contribution is 2.29. The first-order valence-electron chi connectivity index (χ1n) is 10.8. The summed E-state index contributed by atoms with van der Waals surface area (Å²) in [6.07, 6.45) is 2.91. The summed E-state index contributed by atoms with van der Waals surface area (Å²) in [5.74, 6) is 1.00. The molecule has 0 N–H and O–H groups in total. The Kier molecular flexibility index (Phi) is 6.51. The van der Waals surface area contributed by atoms with E-state index < -0.39 is 0 Å². The van der Waals surface area contributed by atoms with Crippen molar-refractivity contribution in [1.29, 1.82) is 0 Å². The molecule has 0 bridgehead atoms. The zero-order valence-corrected chi connectivity index (χ0v) is 18.2. The minimum atomic E-state index is 0.00452. The zero-order valence-electron chi connectivity index (χ0n) is 18.2. The van der Waals surface area contributed by atoms with Crippen LogP contribution in [-0.2, 0) is 16.0 Å². The van der Waals surface area contributed by atoms with Gasteiger partial charge in [0.15, 0.2) is 0 Å². The minimum absolute atomic E-state index is 0.00452. The van der Waals surface area contributed by atoms with Gasteiger partial charge in [-0.1, -0.05) is 12.1 Å². The third kappa shape index (κ3) is 4.71. The van der Waals surface area contributed by atoms with Gasteiger partial charge in [-0.15, -0.1) is 0 Å². The van der Waals surface area contributed by atoms with Gasteiger partial charge in [0.05, 0.1) is 38.0 Å². The van der Waals surface area contributed by atoms with Gasteiger partial charge in [-0.2, -0.15) is 0 Å². The number of pyridine rings is 1. The van der Waals surface area contributed by atoms with Gasteiger partial charge in [-0.3, -0.25) is 14.6 Å². The van der Waals surface area contributed by atoms with Crippen molar-refractivity contribution >= 4 is 11.8 Å². The summed E-state index contributed by atoms with van der Waals surface area (Å²) >= 11 is 0. The third-order valence-electron chi connectivity index (χ3n) is 6.11. The van der Waals surface area contributed by atoms with Gasteiger partial charge in [0, 0.05) is 38.3 Å². The fourth-order valence-electron chi connectivity index (χ4n) is 4.41. The van der Waals surface area contributed by atoms with E-state index in [9.17, 15) is 9.59 Å². The summed E-state index contributed by atoms with van der Waals surface area (Å²) in [5, 5.41) is 0. The van der Waals surface area contributed by atoms with Crippen LogP contribution < -0.4 is 4.74 Å². The van der Waals surface area contributed by atoms with Crippen molar-refractivity contribution in [2.45, 2.75) is 25.7 Å². The number of morpholine rings is 1. The van der Waals surface area contributed by atoms with E-state index in [1.54, 1.807) is 19.4 Å². The maximum atomic E-state index is 13.1. The third-order valence-corrected chi connectivity index (χ3v) is 6.11. The molecule has 0 radical (unpaired) electrons. The number of likely N-dealkylation sites (tertiary alicyclic amines) is 1. The molecule has 2 aliphatic heterocycles. The Hall–Kier alpha value is -2.93. The molecule has 0 aliphatic carbocycles. The SMILES string of the molecule is COc1ccc(CC(=O)N2CC[C@@H](c3ncccc3C(=O)N3CCOCC3)C2)cc1C. The first-order chi connectivity index (χ1) is 15.1. The van der Waals surface area contributed by atoms with Gasteiger partial charge in [0.25, 0.3) is 5.91 Å². The Morgan fingerprint density at radius 3 is 2.71 bits per heavy atom. The minimum Gasteiger partial charge on any atom is -0.496 e. The number of methoxy groups -OCH3 is 1. The molecule has 0 saturated carbocycles. The van der Waals surface area contributed by atoms with Gasteiger partial charge in [-0.05, 0) is 42.7 Å². The zero-order chi connectivity index (χ0) is 21.8. The Balaban J connectivity index is 1.43. The molecule has 31 heavy (non-hydrogen) atoms. The first-order valence-corrected chi connectivity index (χ1v) is 10.8. The molecular weight excluding hydrogens is 394 g/mol. The summed E-state index contributed by atoms with van der Waals surface area (Å²) < 4.78 is 10.7. The molecule has 2 aliphatic rings. The fourth-order valence-corrected chi connectivity index (χ4v) is 4.41. The Labute approximate surface area is 183 Å². The predicted molar refractivity (Wildman–Crippen MR) is 116 cm³/mol. The lowest BCUT2D eigenvalue weighted by molar-refractivity contribution is -0.129. The van der Waals surface area contributed by atoms with Crippen LogP contribution in [0.15, 0.2) is 36.5 Å². The highest BCUT2D eigenvalue weighted by Gasteiger charge is 2.32. The maximum absolute atomic E-state index is 13.1. The lowest BCUT2D eigenvalue weighted by Crippen LogP contribution is -2.41. The lowest BCUT2D eigenvalue weighted by atomic mass is 9.98. The topological polar surface area (TPSA) is 72.0 Å². The Bertz CT molecular complexity index is 956. The normalized spacial score (nSPS) is 18.8. The molecule has 1 aromatic heterocycles. The number of nitrogens with zero attached hydrogens (tertiary/aromatic N) is 3. The molecule has 1 aromatic carbocycles. The summed E-state index contributed by atoms with van der Waals surface area (Å²) in [4.78, 5) is 34.2. The summed E-state index contributed by atoms with van der Waals surface area (Å²) in [5.41, 5.74) is 3.45. The quantitative estimate of drug-likeness (QED) is 0.739. The number of ether oxygens (including phenoxy) is 2.